The lowest BCUT2D eigenvalue weighted by atomic mass is 9.56. The van der Waals surface area contributed by atoms with Crippen molar-refractivity contribution in [3.05, 3.63) is 0 Å². The largest absolute Gasteiger partial charge is 0.0776 e. The lowest BCUT2D eigenvalue weighted by Gasteiger charge is -2.49. The van der Waals surface area contributed by atoms with Gasteiger partial charge in [0.2, 0.25) is 0 Å². The van der Waals surface area contributed by atoms with Crippen molar-refractivity contribution in [3.8, 4) is 0 Å². The third-order valence-electron chi connectivity index (χ3n) is 22.5. The standard InChI is InChI=1S/C11H24.2C10H22.3C9H20.2C8H18.8CH4/c1-9(2,3)11(7,8)10(4,5)6;1-8(9(2,3)4)10(5,6)7;1-8(2)10(6,7)9(3,4)5;1-7-9(5,6)8(2,3)4;1-7(2)8(3)9(4,5)6;1-7(2)9(5,6)8(3)4;2*1-7(2,3)8(4,5)6;;;;;;;;/h1-8H3;2*8H,1-7H3;7H2,1-6H3;2*7-8H,1-6H3;2*1-6H3;8*1H4/t;;;;8-;;;;;;;;;;;/m....1.........../s1. The van der Waals surface area contributed by atoms with Gasteiger partial charge >= 0.3 is 0 Å². The van der Waals surface area contributed by atoms with Gasteiger partial charge in [0.25, 0.3) is 0 Å². The molecule has 0 radical (unpaired) electrons. The van der Waals surface area contributed by atoms with Crippen molar-refractivity contribution in [3.63, 3.8) is 0 Å². The van der Waals surface area contributed by atoms with Crippen LogP contribution in [0.1, 0.15) is 426 Å². The minimum Gasteiger partial charge on any atom is -0.0776 e. The van der Waals surface area contributed by atoms with Crippen molar-refractivity contribution in [2.75, 3.05) is 0 Å². The van der Waals surface area contributed by atoms with Gasteiger partial charge in [0, 0.05) is 0 Å². The summed E-state index contributed by atoms with van der Waals surface area (Å²) in [5.74, 6) is 4.73. The van der Waals surface area contributed by atoms with Crippen molar-refractivity contribution in [1.82, 2.24) is 0 Å². The van der Waals surface area contributed by atoms with Crippen molar-refractivity contribution in [2.45, 2.75) is 426 Å². The Morgan fingerprint density at radius 3 is 0.427 bits per heavy atom. The molecule has 0 aromatic carbocycles. The summed E-state index contributed by atoms with van der Waals surface area (Å²) in [7, 11) is 0. The molecule has 0 aliphatic carbocycles. The minimum atomic E-state index is 0. The van der Waals surface area contributed by atoms with Crippen LogP contribution in [0.5, 0.6) is 0 Å². The van der Waals surface area contributed by atoms with Gasteiger partial charge in [-0.1, -0.05) is 426 Å². The zero-order valence-electron chi connectivity index (χ0n) is 63.7. The van der Waals surface area contributed by atoms with E-state index in [0.717, 1.165) is 35.5 Å². The van der Waals surface area contributed by atoms with Gasteiger partial charge in [0.05, 0.1) is 0 Å². The summed E-state index contributed by atoms with van der Waals surface area (Å²) in [6, 6.07) is 0. The van der Waals surface area contributed by atoms with E-state index in [-0.39, 0.29) is 59.4 Å². The van der Waals surface area contributed by atoms with E-state index < -0.39 is 0 Å². The summed E-state index contributed by atoms with van der Waals surface area (Å²) in [4.78, 5) is 0. The van der Waals surface area contributed by atoms with Crippen LogP contribution in [0.25, 0.3) is 0 Å². The maximum Gasteiger partial charge on any atom is -0.0257 e. The van der Waals surface area contributed by atoms with Gasteiger partial charge in [-0.3, -0.25) is 0 Å². The Labute approximate surface area is 539 Å². The van der Waals surface area contributed by atoms with Crippen LogP contribution in [0.2, 0.25) is 0 Å². The molecule has 0 unspecified atom stereocenters. The molecule has 0 bridgehead atoms. The highest BCUT2D eigenvalue weighted by Crippen LogP contribution is 2.51. The molecule has 0 N–H and O–H groups in total. The topological polar surface area (TPSA) is 0 Å². The fourth-order valence-corrected chi connectivity index (χ4v) is 5.49. The predicted molar refractivity (Wildman–Crippen MR) is 411 cm³/mol. The molecule has 0 saturated carbocycles. The molecular formula is C82H196. The molecule has 0 aliphatic rings. The number of hydrogen-bond donors (Lipinski definition) is 0. The SMILES string of the molecule is C.C.C.C.C.C.C.C.CC(C(C)(C)C)C(C)(C)C.CC(C)(C)C(C)(C)C.CC(C)(C)C(C)(C)C.CC(C)(C)C(C)(C)C(C)(C)C.CC(C)C(C)(C)C(C)(C)C.CC(C)C(C)(C)C(C)C.CC(C)[C@@H](C)C(C)(C)C.CCC(C)(C)C(C)(C)C. The molecule has 0 amide bonds. The summed E-state index contributed by atoms with van der Waals surface area (Å²) in [5.41, 5.74) is 6.53. The summed E-state index contributed by atoms with van der Waals surface area (Å²) in [6.07, 6.45) is 1.26. The van der Waals surface area contributed by atoms with Crippen molar-refractivity contribution < 1.29 is 0 Å². The minimum absolute atomic E-state index is 0. The quantitative estimate of drug-likeness (QED) is 0.257. The van der Waals surface area contributed by atoms with Gasteiger partial charge in [0.15, 0.2) is 0 Å². The maximum atomic E-state index is 2.35. The molecule has 0 heterocycles. The number of rotatable bonds is 5. The van der Waals surface area contributed by atoms with E-state index in [2.05, 4.69) is 360 Å². The molecule has 0 aromatic heterocycles. The van der Waals surface area contributed by atoms with E-state index in [1.807, 2.05) is 0 Å². The zero-order chi connectivity index (χ0) is 63.7. The third-order valence-corrected chi connectivity index (χ3v) is 22.5. The monoisotopic (exact) mass is 1180 g/mol. The summed E-state index contributed by atoms with van der Waals surface area (Å²) in [6.45, 7) is 120. The molecule has 524 valence electrons. The first-order valence-electron chi connectivity index (χ1n) is 30.9. The average molecular weight is 1180 g/mol. The first-order valence-corrected chi connectivity index (χ1v) is 30.9. The summed E-state index contributed by atoms with van der Waals surface area (Å²) in [5, 5.41) is 0. The zero-order valence-corrected chi connectivity index (χ0v) is 63.7. The fourth-order valence-electron chi connectivity index (χ4n) is 5.49. The Kier molecular flexibility index (Phi) is 65.7. The molecule has 0 nitrogen and oxygen atoms in total. The van der Waals surface area contributed by atoms with Crippen molar-refractivity contribution >= 4 is 0 Å². The van der Waals surface area contributed by atoms with E-state index in [1.54, 1.807) is 0 Å². The average Bonchev–Trinajstić information content (AvgIpc) is 3.07. The first-order chi connectivity index (χ1) is 30.9. The Bertz CT molecular complexity index is 1260. The van der Waals surface area contributed by atoms with E-state index in [4.69, 9.17) is 0 Å². The van der Waals surface area contributed by atoms with Crippen LogP contribution >= 0.6 is 0 Å². The molecular weight excluding hydrogens is 985 g/mol. The molecule has 0 aliphatic heterocycles. The lowest BCUT2D eigenvalue weighted by Crippen LogP contribution is -2.41. The van der Waals surface area contributed by atoms with Gasteiger partial charge in [-0.25, -0.2) is 0 Å². The van der Waals surface area contributed by atoms with Crippen LogP contribution in [0.4, 0.5) is 0 Å². The van der Waals surface area contributed by atoms with Gasteiger partial charge in [-0.05, 0) is 117 Å². The van der Waals surface area contributed by atoms with E-state index in [1.165, 1.54) is 6.42 Å². The maximum absolute atomic E-state index is 2.35. The highest BCUT2D eigenvalue weighted by Gasteiger charge is 2.42. The molecule has 0 heteroatoms. The predicted octanol–water partition coefficient (Wildman–Crippen LogP) is 32.9. The second-order valence-corrected chi connectivity index (χ2v) is 38.7. The molecule has 0 aromatic rings. The van der Waals surface area contributed by atoms with Crippen LogP contribution in [-0.2, 0) is 0 Å². The van der Waals surface area contributed by atoms with Crippen molar-refractivity contribution in [2.24, 2.45) is 117 Å². The van der Waals surface area contributed by atoms with E-state index in [0.29, 0.717) is 81.2 Å². The molecule has 1 atom stereocenters. The molecule has 0 rings (SSSR count). The Morgan fingerprint density at radius 1 is 0.232 bits per heavy atom. The smallest absolute Gasteiger partial charge is 0.0257 e. The molecule has 82 heavy (non-hydrogen) atoms. The Balaban J connectivity index is -0.0000000428. The van der Waals surface area contributed by atoms with Gasteiger partial charge < -0.3 is 0 Å². The first kappa shape index (κ1) is 124. The highest BCUT2D eigenvalue weighted by molar-refractivity contribution is 4.92. The third kappa shape index (κ3) is 53.1. The Hall–Kier alpha value is 0. The van der Waals surface area contributed by atoms with Crippen LogP contribution in [0.15, 0.2) is 0 Å². The van der Waals surface area contributed by atoms with E-state index >= 15 is 0 Å². The molecule has 0 saturated heterocycles. The van der Waals surface area contributed by atoms with Gasteiger partial charge in [-0.15, -0.1) is 0 Å². The van der Waals surface area contributed by atoms with E-state index in [9.17, 15) is 0 Å². The summed E-state index contributed by atoms with van der Waals surface area (Å²) < 4.78 is 0. The van der Waals surface area contributed by atoms with Gasteiger partial charge in [0.1, 0.15) is 0 Å². The second-order valence-electron chi connectivity index (χ2n) is 38.7. The lowest BCUT2D eigenvalue weighted by molar-refractivity contribution is 0.00575. The van der Waals surface area contributed by atoms with Crippen LogP contribution in [0.3, 0.4) is 0 Å². The summed E-state index contributed by atoms with van der Waals surface area (Å²) >= 11 is 0. The van der Waals surface area contributed by atoms with Gasteiger partial charge in [-0.2, -0.15) is 0 Å². The van der Waals surface area contributed by atoms with Crippen LogP contribution < -0.4 is 0 Å². The normalized spacial score (nSPS) is 13.1. The highest BCUT2D eigenvalue weighted by atomic mass is 14.5. The molecule has 0 fully saturated rings. The van der Waals surface area contributed by atoms with Crippen LogP contribution in [0, 0.1) is 117 Å². The second kappa shape index (κ2) is 43.6. The Morgan fingerprint density at radius 2 is 0.427 bits per heavy atom. The fraction of sp³-hybridized carbons (Fsp3) is 1.00. The number of hydrogen-bond acceptors (Lipinski definition) is 0. The van der Waals surface area contributed by atoms with Crippen molar-refractivity contribution in [1.29, 1.82) is 0 Å². The van der Waals surface area contributed by atoms with Crippen LogP contribution in [-0.4, -0.2) is 0 Å². The molecule has 0 spiro atoms.